The second kappa shape index (κ2) is 9.52. The molecule has 0 radical (unpaired) electrons. The number of hydrogen-bond acceptors (Lipinski definition) is 7. The first-order valence-corrected chi connectivity index (χ1v) is 9.37. The van der Waals surface area contributed by atoms with E-state index >= 15 is 0 Å². The van der Waals surface area contributed by atoms with Gasteiger partial charge in [0.05, 0.1) is 34.1 Å². The maximum atomic E-state index is 12.5. The third kappa shape index (κ3) is 4.96. The third-order valence-corrected chi connectivity index (χ3v) is 4.63. The zero-order valence-corrected chi connectivity index (χ0v) is 17.2. The molecule has 0 bridgehead atoms. The van der Waals surface area contributed by atoms with Crippen LogP contribution >= 0.6 is 0 Å². The molecule has 0 aliphatic heterocycles. The number of nitro groups is 2. The molecule has 0 aliphatic carbocycles. The van der Waals surface area contributed by atoms with Crippen LogP contribution in [-0.4, -0.2) is 22.9 Å². The number of aryl methyl sites for hydroxylation is 1. The molecule has 0 spiro atoms. The molecule has 9 heteroatoms. The number of ether oxygens (including phenoxy) is 2. The van der Waals surface area contributed by atoms with Crippen LogP contribution in [0.1, 0.15) is 27.0 Å². The molecule has 0 unspecified atom stereocenters. The molecule has 0 saturated heterocycles. The highest BCUT2D eigenvalue weighted by Gasteiger charge is 2.18. The molecule has 3 aromatic carbocycles. The lowest BCUT2D eigenvalue weighted by atomic mass is 10.1. The minimum absolute atomic E-state index is 0.203. The first kappa shape index (κ1) is 22.2. The quantitative estimate of drug-likeness (QED) is 0.164. The molecule has 0 atom stereocenters. The van der Waals surface area contributed by atoms with Gasteiger partial charge in [0.25, 0.3) is 11.4 Å². The Labute approximate surface area is 182 Å². The zero-order chi connectivity index (χ0) is 23.3. The van der Waals surface area contributed by atoms with Gasteiger partial charge in [0.1, 0.15) is 0 Å². The first-order chi connectivity index (χ1) is 15.3. The van der Waals surface area contributed by atoms with Crippen molar-refractivity contribution in [3.8, 4) is 11.5 Å². The van der Waals surface area contributed by atoms with Crippen LogP contribution in [0.3, 0.4) is 0 Å². The Hall–Kier alpha value is -4.53. The van der Waals surface area contributed by atoms with E-state index in [9.17, 15) is 25.0 Å². The molecule has 0 N–H and O–H groups in total. The number of rotatable bonds is 7. The maximum Gasteiger partial charge on any atom is 0.343 e. The van der Waals surface area contributed by atoms with Gasteiger partial charge < -0.3 is 9.47 Å². The fourth-order valence-corrected chi connectivity index (χ4v) is 2.96. The van der Waals surface area contributed by atoms with Gasteiger partial charge in [-0.15, -0.1) is 0 Å². The molecule has 162 valence electrons. The Bertz CT molecular complexity index is 1230. The van der Waals surface area contributed by atoms with Crippen molar-refractivity contribution in [3.05, 3.63) is 103 Å². The lowest BCUT2D eigenvalue weighted by molar-refractivity contribution is -0.394. The number of nitro benzene ring substituents is 2. The summed E-state index contributed by atoms with van der Waals surface area (Å²) in [5.74, 6) is -0.00213. The molecule has 0 amide bonds. The Morgan fingerprint density at radius 1 is 0.906 bits per heavy atom. The topological polar surface area (TPSA) is 122 Å². The fourth-order valence-electron chi connectivity index (χ4n) is 2.96. The fraction of sp³-hybridized carbons (Fsp3) is 0.0870. The number of non-ortho nitro benzene ring substituents is 1. The van der Waals surface area contributed by atoms with Gasteiger partial charge in [0, 0.05) is 6.07 Å². The summed E-state index contributed by atoms with van der Waals surface area (Å²) in [5, 5.41) is 22.1. The number of carbonyl (C=O) groups is 1. The van der Waals surface area contributed by atoms with Crippen LogP contribution in [0.4, 0.5) is 11.4 Å². The van der Waals surface area contributed by atoms with Gasteiger partial charge in [-0.05, 0) is 48.4 Å². The first-order valence-electron chi connectivity index (χ1n) is 9.37. The SMILES string of the molecule is COc1cc(/C=C/c2ccc([N+](=O)[O-])cc2[N+](=O)[O-])ccc1OC(=O)c1ccccc1C. The lowest BCUT2D eigenvalue weighted by Crippen LogP contribution is -2.10. The molecule has 0 heterocycles. The van der Waals surface area contributed by atoms with Crippen LogP contribution in [0.15, 0.2) is 60.7 Å². The predicted molar refractivity (Wildman–Crippen MR) is 118 cm³/mol. The smallest absolute Gasteiger partial charge is 0.343 e. The van der Waals surface area contributed by atoms with E-state index in [-0.39, 0.29) is 22.7 Å². The van der Waals surface area contributed by atoms with Crippen LogP contribution in [-0.2, 0) is 0 Å². The van der Waals surface area contributed by atoms with Crippen LogP contribution < -0.4 is 9.47 Å². The summed E-state index contributed by atoms with van der Waals surface area (Å²) in [4.78, 5) is 33.2. The highest BCUT2D eigenvalue weighted by atomic mass is 16.6. The van der Waals surface area contributed by atoms with Gasteiger partial charge in [-0.1, -0.05) is 30.3 Å². The Morgan fingerprint density at radius 2 is 1.66 bits per heavy atom. The lowest BCUT2D eigenvalue weighted by Gasteiger charge is -2.11. The van der Waals surface area contributed by atoms with Gasteiger partial charge in [-0.2, -0.15) is 0 Å². The molecular weight excluding hydrogens is 416 g/mol. The van der Waals surface area contributed by atoms with Crippen molar-refractivity contribution in [3.63, 3.8) is 0 Å². The Kier molecular flexibility index (Phi) is 6.59. The largest absolute Gasteiger partial charge is 0.493 e. The average Bonchev–Trinajstić information content (AvgIpc) is 2.78. The van der Waals surface area contributed by atoms with Crippen molar-refractivity contribution in [2.75, 3.05) is 7.11 Å². The second-order valence-electron chi connectivity index (χ2n) is 6.71. The summed E-state index contributed by atoms with van der Waals surface area (Å²) >= 11 is 0. The van der Waals surface area contributed by atoms with Crippen molar-refractivity contribution in [2.24, 2.45) is 0 Å². The number of benzene rings is 3. The van der Waals surface area contributed by atoms with Gasteiger partial charge in [0.15, 0.2) is 11.5 Å². The van der Waals surface area contributed by atoms with Gasteiger partial charge in [-0.25, -0.2) is 4.79 Å². The van der Waals surface area contributed by atoms with Crippen LogP contribution in [0.2, 0.25) is 0 Å². The summed E-state index contributed by atoms with van der Waals surface area (Å²) < 4.78 is 10.8. The highest BCUT2D eigenvalue weighted by molar-refractivity contribution is 5.93. The Balaban J connectivity index is 1.86. The highest BCUT2D eigenvalue weighted by Crippen LogP contribution is 2.31. The molecule has 32 heavy (non-hydrogen) atoms. The molecule has 9 nitrogen and oxygen atoms in total. The molecular formula is C23H18N2O7. The standard InChI is InChI=1S/C23H18N2O7/c1-15-5-3-4-6-19(15)23(26)32-21-12-8-16(13-22(21)31-2)7-9-17-10-11-18(24(27)28)14-20(17)25(29)30/h3-14H,1-2H3/b9-7+. The van der Waals surface area contributed by atoms with Gasteiger partial charge >= 0.3 is 5.97 Å². The van der Waals surface area contributed by atoms with Crippen molar-refractivity contribution in [2.45, 2.75) is 6.92 Å². The summed E-state index contributed by atoms with van der Waals surface area (Å²) in [6.07, 6.45) is 3.05. The summed E-state index contributed by atoms with van der Waals surface area (Å²) in [6, 6.07) is 15.3. The Morgan fingerprint density at radius 3 is 2.31 bits per heavy atom. The molecule has 0 aromatic heterocycles. The van der Waals surface area contributed by atoms with E-state index in [4.69, 9.17) is 9.47 Å². The van der Waals surface area contributed by atoms with E-state index in [1.165, 1.54) is 25.3 Å². The van der Waals surface area contributed by atoms with E-state index in [1.807, 2.05) is 6.07 Å². The predicted octanol–water partition coefficient (Wildman–Crippen LogP) is 5.21. The van der Waals surface area contributed by atoms with Crippen molar-refractivity contribution in [1.29, 1.82) is 0 Å². The summed E-state index contributed by atoms with van der Waals surface area (Å²) in [6.45, 7) is 1.80. The third-order valence-electron chi connectivity index (χ3n) is 4.63. The van der Waals surface area contributed by atoms with E-state index in [0.717, 1.165) is 11.6 Å². The van der Waals surface area contributed by atoms with Gasteiger partial charge in [-0.3, -0.25) is 20.2 Å². The maximum absolute atomic E-state index is 12.5. The van der Waals surface area contributed by atoms with Crippen LogP contribution in [0.25, 0.3) is 12.2 Å². The summed E-state index contributed by atoms with van der Waals surface area (Å²) in [5.41, 5.74) is 1.28. The minimum atomic E-state index is -0.692. The number of carbonyl (C=O) groups excluding carboxylic acids is 1. The average molecular weight is 434 g/mol. The monoisotopic (exact) mass is 434 g/mol. The summed E-state index contributed by atoms with van der Waals surface area (Å²) in [7, 11) is 1.43. The molecule has 0 aliphatic rings. The zero-order valence-electron chi connectivity index (χ0n) is 17.2. The molecule has 3 rings (SSSR count). The number of methoxy groups -OCH3 is 1. The van der Waals surface area contributed by atoms with E-state index in [1.54, 1.807) is 49.4 Å². The van der Waals surface area contributed by atoms with Crippen molar-refractivity contribution in [1.82, 2.24) is 0 Å². The van der Waals surface area contributed by atoms with Crippen molar-refractivity contribution < 1.29 is 24.1 Å². The second-order valence-corrected chi connectivity index (χ2v) is 6.71. The number of nitrogens with zero attached hydrogens (tertiary/aromatic N) is 2. The van der Waals surface area contributed by atoms with E-state index in [0.29, 0.717) is 16.9 Å². The van der Waals surface area contributed by atoms with E-state index < -0.39 is 15.8 Å². The molecule has 0 fully saturated rings. The van der Waals surface area contributed by atoms with Crippen molar-refractivity contribution >= 4 is 29.5 Å². The normalized spacial score (nSPS) is 10.7. The van der Waals surface area contributed by atoms with Crippen LogP contribution in [0.5, 0.6) is 11.5 Å². The molecule has 0 saturated carbocycles. The van der Waals surface area contributed by atoms with E-state index in [2.05, 4.69) is 0 Å². The number of hydrogen-bond donors (Lipinski definition) is 0. The number of esters is 1. The minimum Gasteiger partial charge on any atom is -0.493 e. The van der Waals surface area contributed by atoms with Crippen LogP contribution in [0, 0.1) is 27.2 Å². The van der Waals surface area contributed by atoms with Gasteiger partial charge in [0.2, 0.25) is 0 Å². The molecule has 3 aromatic rings.